The molecule has 0 aliphatic rings. The lowest BCUT2D eigenvalue weighted by Crippen LogP contribution is -2.08. The van der Waals surface area contributed by atoms with Gasteiger partial charge in [0.15, 0.2) is 5.78 Å². The Morgan fingerprint density at radius 2 is 1.84 bits per heavy atom. The fourth-order valence-corrected chi connectivity index (χ4v) is 2.89. The smallest absolute Gasteiger partial charge is 0.173 e. The van der Waals surface area contributed by atoms with Crippen molar-refractivity contribution in [2.75, 3.05) is 5.75 Å². The summed E-state index contributed by atoms with van der Waals surface area (Å²) in [7, 11) is 0. The third-order valence-electron chi connectivity index (χ3n) is 2.85. The van der Waals surface area contributed by atoms with Crippen molar-refractivity contribution in [1.82, 2.24) is 9.97 Å². The normalized spacial score (nSPS) is 10.5. The summed E-state index contributed by atoms with van der Waals surface area (Å²) in [5.41, 5.74) is 4.11. The van der Waals surface area contributed by atoms with E-state index in [9.17, 15) is 4.79 Å². The van der Waals surface area contributed by atoms with E-state index in [1.807, 2.05) is 32.9 Å². The van der Waals surface area contributed by atoms with Crippen molar-refractivity contribution < 1.29 is 4.79 Å². The van der Waals surface area contributed by atoms with E-state index in [4.69, 9.17) is 0 Å². The monoisotopic (exact) mass is 272 g/mol. The third-order valence-corrected chi connectivity index (χ3v) is 3.76. The van der Waals surface area contributed by atoms with Crippen molar-refractivity contribution >= 4 is 17.5 Å². The number of Topliss-reactive ketones (excluding diaryl/α,β-unsaturated/α-hetero) is 1. The Labute approximate surface area is 117 Å². The van der Waals surface area contributed by atoms with Gasteiger partial charge in [-0.25, -0.2) is 4.98 Å². The van der Waals surface area contributed by atoms with Crippen LogP contribution >= 0.6 is 11.8 Å². The highest BCUT2D eigenvalue weighted by atomic mass is 32.2. The summed E-state index contributed by atoms with van der Waals surface area (Å²) in [6, 6.07) is 4.10. The summed E-state index contributed by atoms with van der Waals surface area (Å²) < 4.78 is 0. The minimum atomic E-state index is 0.144. The average molecular weight is 272 g/mol. The zero-order chi connectivity index (χ0) is 13.8. The van der Waals surface area contributed by atoms with Gasteiger partial charge in [-0.15, -0.1) is 0 Å². The van der Waals surface area contributed by atoms with Crippen molar-refractivity contribution in [1.29, 1.82) is 0 Å². The Hall–Kier alpha value is -1.68. The fourth-order valence-electron chi connectivity index (χ4n) is 2.19. The number of rotatable bonds is 4. The van der Waals surface area contributed by atoms with E-state index in [0.717, 1.165) is 21.7 Å². The first-order valence-corrected chi connectivity index (χ1v) is 7.06. The molecule has 0 radical (unpaired) electrons. The lowest BCUT2D eigenvalue weighted by atomic mass is 9.97. The fraction of sp³-hybridized carbons (Fsp3) is 0.267. The number of hydrogen-bond donors (Lipinski definition) is 0. The van der Waals surface area contributed by atoms with Crippen molar-refractivity contribution in [2.45, 2.75) is 25.8 Å². The Balaban J connectivity index is 2.13. The van der Waals surface area contributed by atoms with Crippen LogP contribution in [0.4, 0.5) is 0 Å². The summed E-state index contributed by atoms with van der Waals surface area (Å²) in [5.74, 6) is 0.536. The average Bonchev–Trinajstić information content (AvgIpc) is 2.36. The van der Waals surface area contributed by atoms with Crippen LogP contribution in [0.3, 0.4) is 0 Å². The van der Waals surface area contributed by atoms with E-state index >= 15 is 0 Å². The summed E-state index contributed by atoms with van der Waals surface area (Å²) in [4.78, 5) is 20.4. The largest absolute Gasteiger partial charge is 0.293 e. The van der Waals surface area contributed by atoms with E-state index in [1.54, 1.807) is 18.6 Å². The van der Waals surface area contributed by atoms with Crippen molar-refractivity contribution in [3.63, 3.8) is 0 Å². The molecule has 0 bridgehead atoms. The molecule has 0 amide bonds. The number of aryl methyl sites for hydroxylation is 3. The molecule has 1 heterocycles. The first-order valence-electron chi connectivity index (χ1n) is 6.08. The molecule has 3 nitrogen and oxygen atoms in total. The summed E-state index contributed by atoms with van der Waals surface area (Å²) in [5, 5.41) is 0.776. The Bertz CT molecular complexity index is 573. The van der Waals surface area contributed by atoms with Gasteiger partial charge < -0.3 is 0 Å². The maximum atomic E-state index is 12.3. The molecule has 0 saturated carbocycles. The number of carbonyl (C=O) groups is 1. The molecular formula is C15H16N2OS. The van der Waals surface area contributed by atoms with Gasteiger partial charge in [-0.2, -0.15) is 0 Å². The number of thioether (sulfide) groups is 1. The molecular weight excluding hydrogens is 256 g/mol. The molecule has 0 N–H and O–H groups in total. The van der Waals surface area contributed by atoms with Gasteiger partial charge in [0.25, 0.3) is 0 Å². The number of carbonyl (C=O) groups excluding carboxylic acids is 1. The molecule has 0 fully saturated rings. The van der Waals surface area contributed by atoms with Gasteiger partial charge in [-0.05, 0) is 31.9 Å². The second-order valence-electron chi connectivity index (χ2n) is 4.53. The van der Waals surface area contributed by atoms with Gasteiger partial charge in [0.05, 0.1) is 11.9 Å². The Morgan fingerprint density at radius 1 is 1.16 bits per heavy atom. The lowest BCUT2D eigenvalue weighted by Gasteiger charge is -2.09. The number of hydrogen-bond acceptors (Lipinski definition) is 4. The molecule has 1 aromatic heterocycles. The lowest BCUT2D eigenvalue weighted by molar-refractivity contribution is 0.102. The van der Waals surface area contributed by atoms with Gasteiger partial charge >= 0.3 is 0 Å². The van der Waals surface area contributed by atoms with Crippen LogP contribution in [-0.2, 0) is 0 Å². The minimum absolute atomic E-state index is 0.144. The van der Waals surface area contributed by atoms with Crippen LogP contribution in [0.1, 0.15) is 27.0 Å². The molecule has 19 heavy (non-hydrogen) atoms. The molecule has 1 aromatic carbocycles. The first-order chi connectivity index (χ1) is 9.08. The van der Waals surface area contributed by atoms with Crippen LogP contribution in [0.15, 0.2) is 35.7 Å². The van der Waals surface area contributed by atoms with Crippen LogP contribution in [0.2, 0.25) is 0 Å². The number of benzene rings is 1. The van der Waals surface area contributed by atoms with Gasteiger partial charge in [0, 0.05) is 18.0 Å². The van der Waals surface area contributed by atoms with Crippen LogP contribution in [-0.4, -0.2) is 21.5 Å². The maximum Gasteiger partial charge on any atom is 0.173 e. The second kappa shape index (κ2) is 5.97. The topological polar surface area (TPSA) is 42.9 Å². The molecule has 0 aliphatic carbocycles. The Morgan fingerprint density at radius 3 is 2.42 bits per heavy atom. The predicted molar refractivity (Wildman–Crippen MR) is 77.7 cm³/mol. The quantitative estimate of drug-likeness (QED) is 0.632. The molecule has 2 rings (SSSR count). The maximum absolute atomic E-state index is 12.3. The van der Waals surface area contributed by atoms with Crippen LogP contribution < -0.4 is 0 Å². The van der Waals surface area contributed by atoms with Gasteiger partial charge in [-0.3, -0.25) is 9.78 Å². The third kappa shape index (κ3) is 3.41. The van der Waals surface area contributed by atoms with Crippen LogP contribution in [0, 0.1) is 20.8 Å². The highest BCUT2D eigenvalue weighted by Crippen LogP contribution is 2.21. The van der Waals surface area contributed by atoms with E-state index < -0.39 is 0 Å². The van der Waals surface area contributed by atoms with E-state index in [2.05, 4.69) is 9.97 Å². The SMILES string of the molecule is Cc1cc(C)c(C(=O)CSc2cnccn2)c(C)c1. The van der Waals surface area contributed by atoms with Gasteiger partial charge in [0.1, 0.15) is 5.03 Å². The molecule has 0 atom stereocenters. The van der Waals surface area contributed by atoms with E-state index in [-0.39, 0.29) is 5.78 Å². The number of aromatic nitrogens is 2. The highest BCUT2D eigenvalue weighted by molar-refractivity contribution is 7.99. The zero-order valence-corrected chi connectivity index (χ0v) is 12.1. The molecule has 0 saturated heterocycles. The highest BCUT2D eigenvalue weighted by Gasteiger charge is 2.13. The zero-order valence-electron chi connectivity index (χ0n) is 11.3. The minimum Gasteiger partial charge on any atom is -0.293 e. The van der Waals surface area contributed by atoms with Crippen molar-refractivity contribution in [3.05, 3.63) is 53.0 Å². The standard InChI is InChI=1S/C15H16N2OS/c1-10-6-11(2)15(12(3)7-10)13(18)9-19-14-8-16-4-5-17-14/h4-8H,9H2,1-3H3. The predicted octanol–water partition coefficient (Wildman–Crippen LogP) is 3.38. The first kappa shape index (κ1) is 13.7. The molecule has 2 aromatic rings. The molecule has 4 heteroatoms. The molecule has 98 valence electrons. The van der Waals surface area contributed by atoms with Crippen LogP contribution in [0.25, 0.3) is 0 Å². The molecule has 0 unspecified atom stereocenters. The van der Waals surface area contributed by atoms with Gasteiger partial charge in [0.2, 0.25) is 0 Å². The number of ketones is 1. The van der Waals surface area contributed by atoms with Gasteiger partial charge in [-0.1, -0.05) is 29.5 Å². The van der Waals surface area contributed by atoms with Crippen molar-refractivity contribution in [3.8, 4) is 0 Å². The Kier molecular flexibility index (Phi) is 4.32. The summed E-state index contributed by atoms with van der Waals surface area (Å²) >= 11 is 1.42. The van der Waals surface area contributed by atoms with E-state index in [1.165, 1.54) is 17.3 Å². The molecule has 0 aliphatic heterocycles. The second-order valence-corrected chi connectivity index (χ2v) is 5.52. The number of nitrogens with zero attached hydrogens (tertiary/aromatic N) is 2. The van der Waals surface area contributed by atoms with E-state index in [0.29, 0.717) is 5.75 Å². The van der Waals surface area contributed by atoms with Crippen molar-refractivity contribution in [2.24, 2.45) is 0 Å². The van der Waals surface area contributed by atoms with Crippen LogP contribution in [0.5, 0.6) is 0 Å². The summed E-state index contributed by atoms with van der Waals surface area (Å²) in [6.07, 6.45) is 4.93. The summed E-state index contributed by atoms with van der Waals surface area (Å²) in [6.45, 7) is 6.02. The molecule has 0 spiro atoms.